The summed E-state index contributed by atoms with van der Waals surface area (Å²) in [6.07, 6.45) is 3.86. The van der Waals surface area contributed by atoms with E-state index in [1.54, 1.807) is 12.3 Å². The molecule has 116 valence electrons. The van der Waals surface area contributed by atoms with Crippen LogP contribution in [0.1, 0.15) is 30.3 Å². The molecule has 0 aliphatic carbocycles. The van der Waals surface area contributed by atoms with Gasteiger partial charge < -0.3 is 5.32 Å². The lowest BCUT2D eigenvalue weighted by Crippen LogP contribution is -2.62. The first kappa shape index (κ1) is 14.1. The van der Waals surface area contributed by atoms with Gasteiger partial charge in [-0.25, -0.2) is 9.37 Å². The molecule has 3 saturated heterocycles. The van der Waals surface area contributed by atoms with Crippen LogP contribution in [0.15, 0.2) is 17.6 Å². The van der Waals surface area contributed by atoms with Crippen molar-refractivity contribution >= 4 is 27.3 Å². The lowest BCUT2D eigenvalue weighted by Gasteiger charge is -2.49. The van der Waals surface area contributed by atoms with E-state index in [1.807, 2.05) is 0 Å². The predicted octanol–water partition coefficient (Wildman–Crippen LogP) is 2.65. The van der Waals surface area contributed by atoms with Crippen molar-refractivity contribution in [3.05, 3.63) is 29.2 Å². The standard InChI is InChI=1S/C16H18FN3OS/c1-9-15(10-2-4-20(9)5-3-10)19-16(21)13-6-11-12(17)8-22-14(11)7-18-13/h6-10,15H,2-5H2,1H3,(H,19,21). The molecule has 22 heavy (non-hydrogen) atoms. The molecule has 2 atom stereocenters. The molecule has 5 heterocycles. The topological polar surface area (TPSA) is 45.2 Å². The van der Waals surface area contributed by atoms with Gasteiger partial charge in [-0.2, -0.15) is 0 Å². The fraction of sp³-hybridized carbons (Fsp3) is 0.500. The number of aromatic nitrogens is 1. The van der Waals surface area contributed by atoms with E-state index in [4.69, 9.17) is 0 Å². The van der Waals surface area contributed by atoms with E-state index >= 15 is 0 Å². The largest absolute Gasteiger partial charge is 0.346 e. The smallest absolute Gasteiger partial charge is 0.270 e. The summed E-state index contributed by atoms with van der Waals surface area (Å²) in [6.45, 7) is 4.43. The van der Waals surface area contributed by atoms with Crippen LogP contribution in [0.5, 0.6) is 0 Å². The molecule has 6 heteroatoms. The van der Waals surface area contributed by atoms with E-state index in [9.17, 15) is 9.18 Å². The molecule has 0 radical (unpaired) electrons. The van der Waals surface area contributed by atoms with Crippen molar-refractivity contribution in [3.63, 3.8) is 0 Å². The highest BCUT2D eigenvalue weighted by molar-refractivity contribution is 7.17. The van der Waals surface area contributed by atoms with E-state index in [0.717, 1.165) is 30.6 Å². The van der Waals surface area contributed by atoms with Gasteiger partial charge in [0.15, 0.2) is 0 Å². The van der Waals surface area contributed by atoms with Gasteiger partial charge in [0.25, 0.3) is 5.91 Å². The molecule has 2 bridgehead atoms. The van der Waals surface area contributed by atoms with E-state index < -0.39 is 0 Å². The molecule has 0 saturated carbocycles. The Bertz CT molecular complexity index is 721. The summed E-state index contributed by atoms with van der Waals surface area (Å²) in [6, 6.07) is 2.08. The number of hydrogen-bond acceptors (Lipinski definition) is 4. The number of hydrogen-bond donors (Lipinski definition) is 1. The molecule has 1 amide bonds. The van der Waals surface area contributed by atoms with E-state index in [0.29, 0.717) is 23.0 Å². The summed E-state index contributed by atoms with van der Waals surface area (Å²) in [5, 5.41) is 5.06. The zero-order valence-electron chi connectivity index (χ0n) is 12.4. The molecule has 3 aliphatic rings. The number of pyridine rings is 1. The maximum absolute atomic E-state index is 13.7. The molecule has 0 spiro atoms. The number of halogens is 1. The number of fused-ring (bicyclic) bond motifs is 4. The van der Waals surface area contributed by atoms with Crippen LogP contribution in [0.4, 0.5) is 4.39 Å². The van der Waals surface area contributed by atoms with Crippen molar-refractivity contribution in [1.82, 2.24) is 15.2 Å². The van der Waals surface area contributed by atoms with Gasteiger partial charge >= 0.3 is 0 Å². The summed E-state index contributed by atoms with van der Waals surface area (Å²) < 4.78 is 14.4. The Morgan fingerprint density at radius 3 is 2.95 bits per heavy atom. The van der Waals surface area contributed by atoms with Gasteiger partial charge in [0.05, 0.1) is 4.70 Å². The highest BCUT2D eigenvalue weighted by Gasteiger charge is 2.40. The highest BCUT2D eigenvalue weighted by atomic mass is 32.1. The molecule has 0 aromatic carbocycles. The third-order valence-electron chi connectivity index (χ3n) is 5.12. The normalized spacial score (nSPS) is 30.6. The summed E-state index contributed by atoms with van der Waals surface area (Å²) >= 11 is 1.30. The Labute approximate surface area is 132 Å². The SMILES string of the molecule is CC1C(NC(=O)c2cc3c(F)csc3cn2)C2CCN1CC2. The molecular formula is C16H18FN3OS. The fourth-order valence-corrected chi connectivity index (χ4v) is 4.55. The van der Waals surface area contributed by atoms with Crippen LogP contribution in [-0.4, -0.2) is 41.0 Å². The van der Waals surface area contributed by atoms with Gasteiger partial charge in [-0.15, -0.1) is 11.3 Å². The highest BCUT2D eigenvalue weighted by Crippen LogP contribution is 2.32. The molecule has 2 aromatic heterocycles. The quantitative estimate of drug-likeness (QED) is 0.925. The van der Waals surface area contributed by atoms with Gasteiger partial charge in [-0.05, 0) is 44.8 Å². The third kappa shape index (κ3) is 2.21. The first-order chi connectivity index (χ1) is 10.6. The summed E-state index contributed by atoms with van der Waals surface area (Å²) in [7, 11) is 0. The first-order valence-corrected chi connectivity index (χ1v) is 8.59. The van der Waals surface area contributed by atoms with Gasteiger partial charge in [0, 0.05) is 29.0 Å². The van der Waals surface area contributed by atoms with E-state index in [2.05, 4.69) is 22.1 Å². The average molecular weight is 319 g/mol. The second-order valence-electron chi connectivity index (χ2n) is 6.26. The Hall–Kier alpha value is -1.53. The van der Waals surface area contributed by atoms with Crippen LogP contribution >= 0.6 is 11.3 Å². The van der Waals surface area contributed by atoms with Crippen molar-refractivity contribution in [3.8, 4) is 0 Å². The summed E-state index contributed by atoms with van der Waals surface area (Å²) in [5.41, 5.74) is 0.299. The van der Waals surface area contributed by atoms with Crippen molar-refractivity contribution in [2.24, 2.45) is 5.92 Å². The minimum absolute atomic E-state index is 0.166. The number of piperidine rings is 3. The van der Waals surface area contributed by atoms with Gasteiger partial charge in [-0.3, -0.25) is 9.69 Å². The molecule has 5 rings (SSSR count). The second-order valence-corrected chi connectivity index (χ2v) is 7.17. The first-order valence-electron chi connectivity index (χ1n) is 7.71. The van der Waals surface area contributed by atoms with Gasteiger partial charge in [0.1, 0.15) is 11.5 Å². The second kappa shape index (κ2) is 5.28. The molecular weight excluding hydrogens is 301 g/mol. The number of carbonyl (C=O) groups is 1. The molecule has 1 N–H and O–H groups in total. The van der Waals surface area contributed by atoms with Gasteiger partial charge in [-0.1, -0.05) is 0 Å². The third-order valence-corrected chi connectivity index (χ3v) is 6.03. The lowest BCUT2D eigenvalue weighted by atomic mass is 9.79. The maximum atomic E-state index is 13.7. The van der Waals surface area contributed by atoms with Crippen LogP contribution in [0, 0.1) is 11.7 Å². The molecule has 3 fully saturated rings. The lowest BCUT2D eigenvalue weighted by molar-refractivity contribution is 0.0216. The van der Waals surface area contributed by atoms with Crippen LogP contribution in [0.2, 0.25) is 0 Å². The minimum atomic E-state index is -0.285. The van der Waals surface area contributed by atoms with Crippen molar-refractivity contribution in [2.45, 2.75) is 31.8 Å². The predicted molar refractivity (Wildman–Crippen MR) is 84.6 cm³/mol. The molecule has 4 nitrogen and oxygen atoms in total. The van der Waals surface area contributed by atoms with E-state index in [1.165, 1.54) is 16.7 Å². The Kier molecular flexibility index (Phi) is 3.38. The van der Waals surface area contributed by atoms with Crippen LogP contribution < -0.4 is 5.32 Å². The number of amides is 1. The molecule has 3 aliphatic heterocycles. The van der Waals surface area contributed by atoms with E-state index in [-0.39, 0.29) is 17.8 Å². The maximum Gasteiger partial charge on any atom is 0.270 e. The van der Waals surface area contributed by atoms with Crippen molar-refractivity contribution < 1.29 is 9.18 Å². The molecule has 2 aromatic rings. The number of thiophene rings is 1. The van der Waals surface area contributed by atoms with Crippen LogP contribution in [0.3, 0.4) is 0 Å². The number of carbonyl (C=O) groups excluding carboxylic acids is 1. The van der Waals surface area contributed by atoms with Crippen molar-refractivity contribution in [2.75, 3.05) is 13.1 Å². The monoisotopic (exact) mass is 319 g/mol. The summed E-state index contributed by atoms with van der Waals surface area (Å²) in [5.74, 6) is 0.0660. The Morgan fingerprint density at radius 2 is 2.23 bits per heavy atom. The fourth-order valence-electron chi connectivity index (χ4n) is 3.80. The minimum Gasteiger partial charge on any atom is -0.346 e. The zero-order valence-corrected chi connectivity index (χ0v) is 13.2. The zero-order chi connectivity index (χ0) is 15.3. The number of rotatable bonds is 2. The van der Waals surface area contributed by atoms with Gasteiger partial charge in [0.2, 0.25) is 0 Å². The Morgan fingerprint density at radius 1 is 1.45 bits per heavy atom. The Balaban J connectivity index is 1.57. The van der Waals surface area contributed by atoms with Crippen molar-refractivity contribution in [1.29, 1.82) is 0 Å². The summed E-state index contributed by atoms with van der Waals surface area (Å²) in [4.78, 5) is 19.1. The average Bonchev–Trinajstić information content (AvgIpc) is 2.92. The van der Waals surface area contributed by atoms with Crippen LogP contribution in [-0.2, 0) is 0 Å². The molecule has 2 unspecified atom stereocenters. The van der Waals surface area contributed by atoms with Crippen LogP contribution in [0.25, 0.3) is 10.1 Å². The number of nitrogens with one attached hydrogen (secondary N) is 1. The number of nitrogens with zero attached hydrogens (tertiary/aromatic N) is 2.